The number of carboxylic acid groups (broad SMARTS) is 1. The summed E-state index contributed by atoms with van der Waals surface area (Å²) in [6.45, 7) is 0.421. The Labute approximate surface area is 123 Å². The van der Waals surface area contributed by atoms with Crippen LogP contribution in [0.25, 0.3) is 0 Å². The zero-order valence-electron chi connectivity index (χ0n) is 10.8. The van der Waals surface area contributed by atoms with Gasteiger partial charge >= 0.3 is 5.97 Å². The summed E-state index contributed by atoms with van der Waals surface area (Å²) >= 11 is 5.62. The first-order valence-corrected chi connectivity index (χ1v) is 6.46. The standard InChI is InChI=1S/C12H12ClFN2O5/c13-7-5-9(10(16(19)20)6-8(7)14)15-12(11(17)18)1-3-21-4-2-12/h5-6,15H,1-4H2,(H,17,18). The van der Waals surface area contributed by atoms with E-state index >= 15 is 0 Å². The smallest absolute Gasteiger partial charge is 0.329 e. The van der Waals surface area contributed by atoms with Crippen molar-refractivity contribution in [2.75, 3.05) is 18.5 Å². The molecule has 1 saturated heterocycles. The van der Waals surface area contributed by atoms with Crippen LogP contribution >= 0.6 is 11.6 Å². The van der Waals surface area contributed by atoms with Crippen LogP contribution < -0.4 is 5.32 Å². The lowest BCUT2D eigenvalue weighted by atomic mass is 9.89. The van der Waals surface area contributed by atoms with Gasteiger partial charge in [0.2, 0.25) is 0 Å². The highest BCUT2D eigenvalue weighted by Gasteiger charge is 2.41. The molecule has 0 amide bonds. The fourth-order valence-corrected chi connectivity index (χ4v) is 2.32. The molecule has 0 spiro atoms. The zero-order chi connectivity index (χ0) is 15.6. The fraction of sp³-hybridized carbons (Fsp3) is 0.417. The van der Waals surface area contributed by atoms with E-state index in [0.29, 0.717) is 6.07 Å². The molecule has 114 valence electrons. The predicted octanol–water partition coefficient (Wildman–Crippen LogP) is 2.43. The van der Waals surface area contributed by atoms with Gasteiger partial charge in [0.25, 0.3) is 5.69 Å². The Hall–Kier alpha value is -1.93. The van der Waals surface area contributed by atoms with E-state index in [0.717, 1.165) is 6.07 Å². The summed E-state index contributed by atoms with van der Waals surface area (Å²) in [5, 5.41) is 22.7. The second kappa shape index (κ2) is 5.82. The minimum Gasteiger partial charge on any atom is -0.480 e. The summed E-state index contributed by atoms with van der Waals surface area (Å²) in [7, 11) is 0. The van der Waals surface area contributed by atoms with E-state index in [4.69, 9.17) is 16.3 Å². The summed E-state index contributed by atoms with van der Waals surface area (Å²) in [6, 6.07) is 1.69. The first-order chi connectivity index (χ1) is 9.85. The van der Waals surface area contributed by atoms with Crippen molar-refractivity contribution in [1.29, 1.82) is 0 Å². The first kappa shape index (κ1) is 15.5. The Balaban J connectivity index is 2.43. The molecule has 7 nitrogen and oxygen atoms in total. The molecule has 1 aromatic rings. The lowest BCUT2D eigenvalue weighted by molar-refractivity contribution is -0.384. The SMILES string of the molecule is O=C(O)C1(Nc2cc(Cl)c(F)cc2[N+](=O)[O-])CCOCC1. The zero-order valence-corrected chi connectivity index (χ0v) is 11.5. The topological polar surface area (TPSA) is 102 Å². The molecular formula is C12H12ClFN2O5. The number of nitrogens with zero attached hydrogens (tertiary/aromatic N) is 1. The van der Waals surface area contributed by atoms with Crippen molar-refractivity contribution in [3.8, 4) is 0 Å². The van der Waals surface area contributed by atoms with Crippen LogP contribution in [0.5, 0.6) is 0 Å². The monoisotopic (exact) mass is 318 g/mol. The van der Waals surface area contributed by atoms with Gasteiger partial charge in [0.1, 0.15) is 17.0 Å². The van der Waals surface area contributed by atoms with E-state index < -0.39 is 27.9 Å². The molecule has 2 N–H and O–H groups in total. The predicted molar refractivity (Wildman–Crippen MR) is 72.1 cm³/mol. The number of hydrogen-bond donors (Lipinski definition) is 2. The molecule has 2 rings (SSSR count). The molecule has 0 bridgehead atoms. The number of benzene rings is 1. The molecule has 1 aliphatic heterocycles. The van der Waals surface area contributed by atoms with Crippen molar-refractivity contribution in [3.05, 3.63) is 33.1 Å². The number of carboxylic acids is 1. The van der Waals surface area contributed by atoms with Crippen LogP contribution in [0.4, 0.5) is 15.8 Å². The van der Waals surface area contributed by atoms with E-state index in [2.05, 4.69) is 5.32 Å². The maximum absolute atomic E-state index is 13.4. The van der Waals surface area contributed by atoms with E-state index in [-0.39, 0.29) is 36.8 Å². The number of carbonyl (C=O) groups is 1. The van der Waals surface area contributed by atoms with Gasteiger partial charge < -0.3 is 15.2 Å². The van der Waals surface area contributed by atoms with E-state index in [9.17, 15) is 24.4 Å². The summed E-state index contributed by atoms with van der Waals surface area (Å²) in [5.74, 6) is -2.09. The van der Waals surface area contributed by atoms with Crippen molar-refractivity contribution < 1.29 is 24.0 Å². The Morgan fingerprint density at radius 2 is 2.10 bits per heavy atom. The van der Waals surface area contributed by atoms with Crippen LogP contribution in [-0.4, -0.2) is 34.8 Å². The van der Waals surface area contributed by atoms with E-state index in [1.165, 1.54) is 0 Å². The number of aliphatic carboxylic acids is 1. The maximum Gasteiger partial charge on any atom is 0.329 e. The highest BCUT2D eigenvalue weighted by molar-refractivity contribution is 6.31. The molecule has 1 aromatic carbocycles. The quantitative estimate of drug-likeness (QED) is 0.653. The number of halogens is 2. The van der Waals surface area contributed by atoms with Crippen molar-refractivity contribution in [2.24, 2.45) is 0 Å². The van der Waals surface area contributed by atoms with Gasteiger partial charge in [-0.15, -0.1) is 0 Å². The Morgan fingerprint density at radius 1 is 1.48 bits per heavy atom. The summed E-state index contributed by atoms with van der Waals surface area (Å²) < 4.78 is 18.5. The Morgan fingerprint density at radius 3 is 2.62 bits per heavy atom. The maximum atomic E-state index is 13.4. The number of nitro benzene ring substituents is 1. The number of nitrogens with one attached hydrogen (secondary N) is 1. The van der Waals surface area contributed by atoms with Gasteiger partial charge in [-0.3, -0.25) is 10.1 Å². The van der Waals surface area contributed by atoms with Crippen molar-refractivity contribution in [1.82, 2.24) is 0 Å². The van der Waals surface area contributed by atoms with Crippen LogP contribution in [0.2, 0.25) is 5.02 Å². The molecule has 1 heterocycles. The van der Waals surface area contributed by atoms with E-state index in [1.54, 1.807) is 0 Å². The van der Waals surface area contributed by atoms with Crippen molar-refractivity contribution in [2.45, 2.75) is 18.4 Å². The van der Waals surface area contributed by atoms with Crippen LogP contribution in [0.15, 0.2) is 12.1 Å². The van der Waals surface area contributed by atoms with Crippen molar-refractivity contribution >= 4 is 28.9 Å². The van der Waals surface area contributed by atoms with Gasteiger partial charge in [-0.25, -0.2) is 9.18 Å². The fourth-order valence-electron chi connectivity index (χ4n) is 2.16. The van der Waals surface area contributed by atoms with Gasteiger partial charge in [-0.1, -0.05) is 11.6 Å². The first-order valence-electron chi connectivity index (χ1n) is 6.08. The molecule has 0 aromatic heterocycles. The van der Waals surface area contributed by atoms with Gasteiger partial charge in [0, 0.05) is 26.1 Å². The highest BCUT2D eigenvalue weighted by Crippen LogP contribution is 2.35. The van der Waals surface area contributed by atoms with Crippen LogP contribution in [-0.2, 0) is 9.53 Å². The van der Waals surface area contributed by atoms with Crippen molar-refractivity contribution in [3.63, 3.8) is 0 Å². The summed E-state index contributed by atoms with van der Waals surface area (Å²) in [5.41, 5.74) is -2.09. The lowest BCUT2D eigenvalue weighted by Gasteiger charge is -2.34. The average molecular weight is 319 g/mol. The molecule has 0 aliphatic carbocycles. The van der Waals surface area contributed by atoms with Gasteiger partial charge in [0.15, 0.2) is 0 Å². The van der Waals surface area contributed by atoms with Crippen LogP contribution in [0.3, 0.4) is 0 Å². The van der Waals surface area contributed by atoms with Crippen LogP contribution in [0, 0.1) is 15.9 Å². The van der Waals surface area contributed by atoms with E-state index in [1.807, 2.05) is 0 Å². The highest BCUT2D eigenvalue weighted by atomic mass is 35.5. The van der Waals surface area contributed by atoms with Gasteiger partial charge in [0.05, 0.1) is 16.0 Å². The number of nitro groups is 1. The summed E-state index contributed by atoms with van der Waals surface area (Å²) in [6.07, 6.45) is 0.267. The number of anilines is 1. The number of hydrogen-bond acceptors (Lipinski definition) is 5. The Bertz CT molecular complexity index is 589. The normalized spacial score (nSPS) is 17.2. The molecule has 0 atom stereocenters. The third-order valence-electron chi connectivity index (χ3n) is 3.36. The molecule has 21 heavy (non-hydrogen) atoms. The third kappa shape index (κ3) is 3.06. The van der Waals surface area contributed by atoms with Crippen LogP contribution in [0.1, 0.15) is 12.8 Å². The molecule has 9 heteroatoms. The van der Waals surface area contributed by atoms with Gasteiger partial charge in [-0.2, -0.15) is 0 Å². The molecular weight excluding hydrogens is 307 g/mol. The third-order valence-corrected chi connectivity index (χ3v) is 3.65. The molecule has 0 unspecified atom stereocenters. The largest absolute Gasteiger partial charge is 0.480 e. The number of rotatable bonds is 4. The Kier molecular flexibility index (Phi) is 4.29. The lowest BCUT2D eigenvalue weighted by Crippen LogP contribution is -2.50. The minimum absolute atomic E-state index is 0.129. The molecule has 1 fully saturated rings. The van der Waals surface area contributed by atoms with Gasteiger partial charge in [-0.05, 0) is 6.07 Å². The molecule has 1 aliphatic rings. The summed E-state index contributed by atoms with van der Waals surface area (Å²) in [4.78, 5) is 21.7. The minimum atomic E-state index is -1.40. The number of ether oxygens (including phenoxy) is 1. The second-order valence-corrected chi connectivity index (χ2v) is 5.07. The molecule has 0 radical (unpaired) electrons. The average Bonchev–Trinajstić information content (AvgIpc) is 2.43. The second-order valence-electron chi connectivity index (χ2n) is 4.67. The molecule has 0 saturated carbocycles.